The fourth-order valence-corrected chi connectivity index (χ4v) is 1.48. The van der Waals surface area contributed by atoms with Gasteiger partial charge in [-0.15, -0.1) is 0 Å². The quantitative estimate of drug-likeness (QED) is 0.655. The number of ether oxygens (including phenoxy) is 2. The first kappa shape index (κ1) is 17.0. The van der Waals surface area contributed by atoms with Gasteiger partial charge in [-0.1, -0.05) is 17.7 Å². The van der Waals surface area contributed by atoms with Gasteiger partial charge in [0.15, 0.2) is 6.61 Å². The van der Waals surface area contributed by atoms with Crippen molar-refractivity contribution in [1.82, 2.24) is 10.6 Å². The van der Waals surface area contributed by atoms with Gasteiger partial charge in [0.25, 0.3) is 5.91 Å². The lowest BCUT2D eigenvalue weighted by Crippen LogP contribution is -2.37. The first-order chi connectivity index (χ1) is 10.1. The minimum absolute atomic E-state index is 0.0426. The van der Waals surface area contributed by atoms with E-state index in [1.807, 2.05) is 38.1 Å². The summed E-state index contributed by atoms with van der Waals surface area (Å²) in [6, 6.07) is 7.47. The van der Waals surface area contributed by atoms with Crippen LogP contribution in [0, 0.1) is 6.92 Å². The summed E-state index contributed by atoms with van der Waals surface area (Å²) in [4.78, 5) is 22.7. The van der Waals surface area contributed by atoms with E-state index in [-0.39, 0.29) is 25.0 Å². The summed E-state index contributed by atoms with van der Waals surface area (Å²) in [6.07, 6.45) is 0. The number of carbonyl (C=O) groups is 2. The number of carbonyl (C=O) groups excluding carboxylic acids is 2. The summed E-state index contributed by atoms with van der Waals surface area (Å²) in [5, 5.41) is 5.29. The van der Waals surface area contributed by atoms with Crippen molar-refractivity contribution in [3.8, 4) is 5.75 Å². The van der Waals surface area contributed by atoms with Crippen LogP contribution in [0.4, 0.5) is 0 Å². The maximum absolute atomic E-state index is 11.5. The van der Waals surface area contributed by atoms with Crippen molar-refractivity contribution < 1.29 is 19.1 Å². The minimum Gasteiger partial charge on any atom is -0.484 e. The number of nitrogens with one attached hydrogen (secondary N) is 2. The number of amides is 2. The summed E-state index contributed by atoms with van der Waals surface area (Å²) in [5.41, 5.74) is 1.13. The average Bonchev–Trinajstić information content (AvgIpc) is 2.49. The number of rotatable bonds is 9. The molecule has 0 fully saturated rings. The zero-order chi connectivity index (χ0) is 15.5. The first-order valence-electron chi connectivity index (χ1n) is 6.92. The van der Waals surface area contributed by atoms with Crippen LogP contribution in [-0.2, 0) is 14.3 Å². The van der Waals surface area contributed by atoms with E-state index >= 15 is 0 Å². The van der Waals surface area contributed by atoms with Crippen LogP contribution in [-0.4, -0.2) is 44.7 Å². The van der Waals surface area contributed by atoms with Gasteiger partial charge in [0.2, 0.25) is 5.91 Å². The van der Waals surface area contributed by atoms with Crippen molar-refractivity contribution in [3.05, 3.63) is 29.8 Å². The van der Waals surface area contributed by atoms with Crippen LogP contribution < -0.4 is 15.4 Å². The molecular weight excluding hydrogens is 272 g/mol. The second-order valence-electron chi connectivity index (χ2n) is 4.44. The fraction of sp³-hybridized carbons (Fsp3) is 0.467. The molecule has 1 aromatic rings. The van der Waals surface area contributed by atoms with E-state index in [9.17, 15) is 9.59 Å². The second kappa shape index (κ2) is 9.77. The smallest absolute Gasteiger partial charge is 0.258 e. The molecule has 21 heavy (non-hydrogen) atoms. The third-order valence-electron chi connectivity index (χ3n) is 2.60. The molecule has 0 aliphatic heterocycles. The summed E-state index contributed by atoms with van der Waals surface area (Å²) in [7, 11) is 0. The molecule has 2 N–H and O–H groups in total. The van der Waals surface area contributed by atoms with Crippen molar-refractivity contribution >= 4 is 11.8 Å². The Bertz CT molecular complexity index is 445. The van der Waals surface area contributed by atoms with Crippen LogP contribution >= 0.6 is 0 Å². The van der Waals surface area contributed by atoms with Crippen LogP contribution in [0.25, 0.3) is 0 Å². The Balaban J connectivity index is 2.08. The van der Waals surface area contributed by atoms with Crippen molar-refractivity contribution in [2.45, 2.75) is 13.8 Å². The van der Waals surface area contributed by atoms with Gasteiger partial charge < -0.3 is 20.1 Å². The van der Waals surface area contributed by atoms with Gasteiger partial charge >= 0.3 is 0 Å². The molecule has 0 atom stereocenters. The van der Waals surface area contributed by atoms with Crippen LogP contribution in [0.2, 0.25) is 0 Å². The van der Waals surface area contributed by atoms with Gasteiger partial charge in [0, 0.05) is 19.7 Å². The first-order valence-corrected chi connectivity index (χ1v) is 6.92. The Morgan fingerprint density at radius 3 is 2.14 bits per heavy atom. The van der Waals surface area contributed by atoms with Crippen LogP contribution in [0.1, 0.15) is 12.5 Å². The summed E-state index contributed by atoms with van der Waals surface area (Å²) >= 11 is 0. The maximum Gasteiger partial charge on any atom is 0.258 e. The largest absolute Gasteiger partial charge is 0.484 e. The zero-order valence-corrected chi connectivity index (χ0v) is 12.5. The third kappa shape index (κ3) is 7.94. The molecule has 0 bridgehead atoms. The van der Waals surface area contributed by atoms with E-state index < -0.39 is 0 Å². The van der Waals surface area contributed by atoms with E-state index in [4.69, 9.17) is 9.47 Å². The molecular formula is C15H22N2O4. The van der Waals surface area contributed by atoms with E-state index in [1.165, 1.54) is 0 Å². The Morgan fingerprint density at radius 2 is 1.57 bits per heavy atom. The molecule has 0 saturated heterocycles. The number of aryl methyl sites for hydroxylation is 1. The molecule has 1 rings (SSSR count). The van der Waals surface area contributed by atoms with E-state index in [0.29, 0.717) is 25.4 Å². The van der Waals surface area contributed by atoms with Crippen LogP contribution in [0.5, 0.6) is 5.75 Å². The second-order valence-corrected chi connectivity index (χ2v) is 4.44. The van der Waals surface area contributed by atoms with E-state index in [2.05, 4.69) is 10.6 Å². The monoisotopic (exact) mass is 294 g/mol. The van der Waals surface area contributed by atoms with Gasteiger partial charge in [0.1, 0.15) is 12.4 Å². The fourth-order valence-electron chi connectivity index (χ4n) is 1.48. The molecule has 0 unspecified atom stereocenters. The van der Waals surface area contributed by atoms with Crippen LogP contribution in [0.15, 0.2) is 24.3 Å². The molecule has 0 heterocycles. The van der Waals surface area contributed by atoms with Gasteiger partial charge in [-0.2, -0.15) is 0 Å². The molecule has 0 radical (unpaired) electrons. The van der Waals surface area contributed by atoms with Crippen molar-refractivity contribution in [2.24, 2.45) is 0 Å². The van der Waals surface area contributed by atoms with Crippen molar-refractivity contribution in [2.75, 3.05) is 32.9 Å². The molecule has 2 amide bonds. The Hall–Kier alpha value is -2.08. The van der Waals surface area contributed by atoms with Gasteiger partial charge in [0.05, 0.1) is 0 Å². The summed E-state index contributed by atoms with van der Waals surface area (Å²) < 4.78 is 10.3. The number of benzene rings is 1. The maximum atomic E-state index is 11.5. The summed E-state index contributed by atoms with van der Waals surface area (Å²) in [5.74, 6) is 0.234. The van der Waals surface area contributed by atoms with Crippen LogP contribution in [0.3, 0.4) is 0 Å². The van der Waals surface area contributed by atoms with Gasteiger partial charge in [-0.05, 0) is 26.0 Å². The highest BCUT2D eigenvalue weighted by Gasteiger charge is 2.03. The molecule has 0 aliphatic carbocycles. The molecule has 116 valence electrons. The standard InChI is InChI=1S/C15H22N2O4/c1-3-20-10-14(18)16-8-9-17-15(19)11-21-13-6-4-12(2)5-7-13/h4-7H,3,8-11H2,1-2H3,(H,16,18)(H,17,19). The lowest BCUT2D eigenvalue weighted by Gasteiger charge is -2.08. The Morgan fingerprint density at radius 1 is 1.00 bits per heavy atom. The highest BCUT2D eigenvalue weighted by Crippen LogP contribution is 2.10. The lowest BCUT2D eigenvalue weighted by atomic mass is 10.2. The number of hydrogen-bond donors (Lipinski definition) is 2. The highest BCUT2D eigenvalue weighted by atomic mass is 16.5. The highest BCUT2D eigenvalue weighted by molar-refractivity contribution is 5.78. The van der Waals surface area contributed by atoms with Gasteiger partial charge in [-0.25, -0.2) is 0 Å². The topological polar surface area (TPSA) is 76.7 Å². The molecule has 0 saturated carbocycles. The zero-order valence-electron chi connectivity index (χ0n) is 12.5. The Labute approximate surface area is 124 Å². The molecule has 1 aromatic carbocycles. The molecule has 6 heteroatoms. The molecule has 0 aliphatic rings. The van der Waals surface area contributed by atoms with E-state index in [0.717, 1.165) is 5.56 Å². The third-order valence-corrected chi connectivity index (χ3v) is 2.60. The van der Waals surface area contributed by atoms with Crippen molar-refractivity contribution in [3.63, 3.8) is 0 Å². The molecule has 6 nitrogen and oxygen atoms in total. The van der Waals surface area contributed by atoms with Gasteiger partial charge in [-0.3, -0.25) is 9.59 Å². The Kier molecular flexibility index (Phi) is 7.89. The predicted octanol–water partition coefficient (Wildman–Crippen LogP) is 0.643. The lowest BCUT2D eigenvalue weighted by molar-refractivity contribution is -0.126. The summed E-state index contributed by atoms with van der Waals surface area (Å²) in [6.45, 7) is 5.02. The average molecular weight is 294 g/mol. The number of hydrogen-bond acceptors (Lipinski definition) is 4. The normalized spacial score (nSPS) is 10.0. The minimum atomic E-state index is -0.227. The van der Waals surface area contributed by atoms with Crippen molar-refractivity contribution in [1.29, 1.82) is 0 Å². The molecule has 0 spiro atoms. The molecule has 0 aromatic heterocycles. The SMILES string of the molecule is CCOCC(=O)NCCNC(=O)COc1ccc(C)cc1. The van der Waals surface area contributed by atoms with E-state index in [1.54, 1.807) is 0 Å². The predicted molar refractivity (Wildman–Crippen MR) is 79.2 cm³/mol.